The summed E-state index contributed by atoms with van der Waals surface area (Å²) in [6, 6.07) is 7.09. The molecule has 1 heterocycles. The fourth-order valence-corrected chi connectivity index (χ4v) is 2.42. The van der Waals surface area contributed by atoms with Gasteiger partial charge in [0.1, 0.15) is 5.82 Å². The monoisotopic (exact) mass is 220 g/mol. The average Bonchev–Trinajstić information content (AvgIpc) is 2.70. The van der Waals surface area contributed by atoms with Gasteiger partial charge < -0.3 is 0 Å². The van der Waals surface area contributed by atoms with Crippen molar-refractivity contribution in [3.05, 3.63) is 35.6 Å². The van der Waals surface area contributed by atoms with Crippen molar-refractivity contribution in [2.45, 2.75) is 26.8 Å². The predicted molar refractivity (Wildman–Crippen MR) is 64.6 cm³/mol. The van der Waals surface area contributed by atoms with E-state index in [1.54, 1.807) is 12.1 Å². The molecule has 0 amide bonds. The molecule has 2 rings (SSSR count). The zero-order valence-electron chi connectivity index (χ0n) is 10.1. The van der Waals surface area contributed by atoms with Gasteiger partial charge in [-0.3, -0.25) is 4.90 Å². The summed E-state index contributed by atoms with van der Waals surface area (Å²) in [5.74, 6) is 1.45. The average molecular weight is 220 g/mol. The molecule has 1 saturated heterocycles. The van der Waals surface area contributed by atoms with E-state index in [4.69, 9.17) is 0 Å². The third kappa shape index (κ3) is 2.62. The number of nitrogens with zero attached hydrogens (tertiary/aromatic N) is 1. The summed E-state index contributed by atoms with van der Waals surface area (Å²) in [7, 11) is 0. The van der Waals surface area contributed by atoms with Crippen LogP contribution in [0.3, 0.4) is 0 Å². The van der Waals surface area contributed by atoms with Crippen LogP contribution in [0.1, 0.15) is 25.8 Å². The number of halogens is 1. The minimum absolute atomic E-state index is 0.0736. The SMILES string of the molecule is CC(C)C1CCN(Cc2ccccc2[18F])C1. The molecule has 88 valence electrons. The first-order valence-electron chi connectivity index (χ1n) is 6.12. The lowest BCUT2D eigenvalue weighted by Gasteiger charge is -2.18. The lowest BCUT2D eigenvalue weighted by molar-refractivity contribution is 0.293. The normalized spacial score (nSPS) is 21.9. The molecule has 1 unspecified atom stereocenters. The van der Waals surface area contributed by atoms with Gasteiger partial charge in [-0.25, -0.2) is 4.39 Å². The van der Waals surface area contributed by atoms with Crippen LogP contribution >= 0.6 is 0 Å². The third-order valence-corrected chi connectivity index (χ3v) is 3.60. The highest BCUT2D eigenvalue weighted by atomic mass is 18.2. The van der Waals surface area contributed by atoms with Crippen molar-refractivity contribution in [1.29, 1.82) is 0 Å². The molecular formula is C14H20FN. The molecule has 1 nitrogen and oxygen atoms in total. The Balaban J connectivity index is 1.95. The smallest absolute Gasteiger partial charge is 0.127 e. The van der Waals surface area contributed by atoms with Crippen molar-refractivity contribution < 1.29 is 4.39 Å². The van der Waals surface area contributed by atoms with Crippen molar-refractivity contribution in [2.24, 2.45) is 11.8 Å². The van der Waals surface area contributed by atoms with Crippen LogP contribution < -0.4 is 0 Å². The molecule has 1 atom stereocenters. The Hall–Kier alpha value is -0.890. The van der Waals surface area contributed by atoms with Gasteiger partial charge in [-0.2, -0.15) is 0 Å². The Bertz CT molecular complexity index is 348. The molecule has 0 aromatic heterocycles. The number of hydrogen-bond donors (Lipinski definition) is 0. The minimum Gasteiger partial charge on any atom is -0.299 e. The van der Waals surface area contributed by atoms with E-state index in [1.165, 1.54) is 6.42 Å². The van der Waals surface area contributed by atoms with Gasteiger partial charge in [0, 0.05) is 18.7 Å². The second-order valence-corrected chi connectivity index (χ2v) is 5.12. The van der Waals surface area contributed by atoms with Crippen LogP contribution in [0.25, 0.3) is 0 Å². The van der Waals surface area contributed by atoms with E-state index in [0.29, 0.717) is 0 Å². The Kier molecular flexibility index (Phi) is 3.59. The highest BCUT2D eigenvalue weighted by Gasteiger charge is 2.24. The molecule has 1 aromatic carbocycles. The summed E-state index contributed by atoms with van der Waals surface area (Å²) in [6.07, 6.45) is 1.26. The Morgan fingerprint density at radius 1 is 1.38 bits per heavy atom. The van der Waals surface area contributed by atoms with Gasteiger partial charge in [0.25, 0.3) is 0 Å². The first kappa shape index (κ1) is 11.6. The standard InChI is InChI=1S/C14H20FN/c1-11(2)12-7-8-16(9-12)10-13-5-3-4-6-14(13)15/h3-6,11-12H,7-10H2,1-2H3/i15-1. The van der Waals surface area contributed by atoms with Gasteiger partial charge in [-0.1, -0.05) is 32.0 Å². The van der Waals surface area contributed by atoms with Crippen molar-refractivity contribution >= 4 is 0 Å². The molecular weight excluding hydrogens is 200 g/mol. The fourth-order valence-electron chi connectivity index (χ4n) is 2.42. The third-order valence-electron chi connectivity index (χ3n) is 3.60. The number of likely N-dealkylation sites (tertiary alicyclic amines) is 1. The summed E-state index contributed by atoms with van der Waals surface area (Å²) in [4.78, 5) is 2.36. The van der Waals surface area contributed by atoms with Crippen LogP contribution in [0.2, 0.25) is 0 Å². The molecule has 16 heavy (non-hydrogen) atoms. The second-order valence-electron chi connectivity index (χ2n) is 5.12. The highest BCUT2D eigenvalue weighted by Crippen LogP contribution is 2.25. The number of rotatable bonds is 3. The maximum Gasteiger partial charge on any atom is 0.127 e. The van der Waals surface area contributed by atoms with Crippen LogP contribution in [0.5, 0.6) is 0 Å². The lowest BCUT2D eigenvalue weighted by atomic mass is 9.95. The Morgan fingerprint density at radius 3 is 2.75 bits per heavy atom. The van der Waals surface area contributed by atoms with Crippen LogP contribution in [-0.2, 0) is 6.54 Å². The topological polar surface area (TPSA) is 3.24 Å². The van der Waals surface area contributed by atoms with E-state index in [1.807, 2.05) is 12.1 Å². The fraction of sp³-hybridized carbons (Fsp3) is 0.571. The molecule has 0 spiro atoms. The molecule has 0 aliphatic carbocycles. The van der Waals surface area contributed by atoms with E-state index in [2.05, 4.69) is 18.7 Å². The summed E-state index contributed by atoms with van der Waals surface area (Å²) >= 11 is 0. The Labute approximate surface area is 97.3 Å². The molecule has 0 bridgehead atoms. The molecule has 1 aliphatic heterocycles. The van der Waals surface area contributed by atoms with Crippen LogP contribution in [0.4, 0.5) is 4.39 Å². The van der Waals surface area contributed by atoms with E-state index in [0.717, 1.165) is 37.0 Å². The largest absolute Gasteiger partial charge is 0.299 e. The van der Waals surface area contributed by atoms with Gasteiger partial charge in [0.2, 0.25) is 0 Å². The van der Waals surface area contributed by atoms with E-state index < -0.39 is 0 Å². The molecule has 0 N–H and O–H groups in total. The summed E-state index contributed by atoms with van der Waals surface area (Å²) in [5, 5.41) is 0. The van der Waals surface area contributed by atoms with Crippen molar-refractivity contribution in [2.75, 3.05) is 13.1 Å². The Morgan fingerprint density at radius 2 is 2.12 bits per heavy atom. The van der Waals surface area contributed by atoms with Gasteiger partial charge in [-0.05, 0) is 30.9 Å². The first-order chi connectivity index (χ1) is 7.66. The van der Waals surface area contributed by atoms with Crippen LogP contribution in [0, 0.1) is 17.7 Å². The van der Waals surface area contributed by atoms with Crippen LogP contribution in [0.15, 0.2) is 24.3 Å². The maximum absolute atomic E-state index is 13.5. The van der Waals surface area contributed by atoms with Crippen LogP contribution in [-0.4, -0.2) is 18.0 Å². The van der Waals surface area contributed by atoms with Gasteiger partial charge in [-0.15, -0.1) is 0 Å². The minimum atomic E-state index is -0.0736. The molecule has 0 radical (unpaired) electrons. The lowest BCUT2D eigenvalue weighted by Crippen LogP contribution is -2.22. The summed E-state index contributed by atoms with van der Waals surface area (Å²) in [5.41, 5.74) is 0.826. The van der Waals surface area contributed by atoms with Gasteiger partial charge >= 0.3 is 0 Å². The highest BCUT2D eigenvalue weighted by molar-refractivity contribution is 5.17. The van der Waals surface area contributed by atoms with Gasteiger partial charge in [0.15, 0.2) is 0 Å². The zero-order chi connectivity index (χ0) is 11.5. The molecule has 2 heteroatoms. The van der Waals surface area contributed by atoms with Crippen molar-refractivity contribution in [3.8, 4) is 0 Å². The van der Waals surface area contributed by atoms with Crippen molar-refractivity contribution in [1.82, 2.24) is 4.90 Å². The molecule has 1 fully saturated rings. The van der Waals surface area contributed by atoms with E-state index in [-0.39, 0.29) is 5.82 Å². The number of hydrogen-bond acceptors (Lipinski definition) is 1. The predicted octanol–water partition coefficient (Wildman–Crippen LogP) is 3.30. The van der Waals surface area contributed by atoms with E-state index >= 15 is 0 Å². The first-order valence-corrected chi connectivity index (χ1v) is 6.12. The van der Waals surface area contributed by atoms with Gasteiger partial charge in [0.05, 0.1) is 0 Å². The van der Waals surface area contributed by atoms with Crippen molar-refractivity contribution in [3.63, 3.8) is 0 Å². The summed E-state index contributed by atoms with van der Waals surface area (Å²) in [6.45, 7) is 7.54. The molecule has 1 aliphatic rings. The quantitative estimate of drug-likeness (QED) is 0.755. The second kappa shape index (κ2) is 4.96. The maximum atomic E-state index is 13.5. The summed E-state index contributed by atoms with van der Waals surface area (Å²) < 4.78 is 13.5. The number of benzene rings is 1. The van der Waals surface area contributed by atoms with E-state index in [9.17, 15) is 4.39 Å². The molecule has 0 saturated carbocycles. The molecule has 1 aromatic rings. The zero-order valence-corrected chi connectivity index (χ0v) is 10.1.